The van der Waals surface area contributed by atoms with Gasteiger partial charge >= 0.3 is 23.9 Å². The van der Waals surface area contributed by atoms with E-state index in [1.165, 1.54) is 0 Å². The average Bonchev–Trinajstić information content (AvgIpc) is 2.56. The average molecular weight is 354 g/mol. The summed E-state index contributed by atoms with van der Waals surface area (Å²) in [6.45, 7) is 7.50. The first-order valence-electron chi connectivity index (χ1n) is 7.40. The maximum absolute atomic E-state index is 10.4. The monoisotopic (exact) mass is 354 g/mol. The number of carboxylic acid groups (broad SMARTS) is 3. The lowest BCUT2D eigenvalue weighted by Crippen LogP contribution is -2.25. The first kappa shape index (κ1) is 29.8. The van der Waals surface area contributed by atoms with E-state index in [-0.39, 0.29) is 25.2 Å². The molecule has 0 bridgehead atoms. The number of nitrogens with one attached hydrogen (secondary N) is 1. The van der Waals surface area contributed by atoms with Crippen LogP contribution in [0.5, 0.6) is 0 Å². The summed E-state index contributed by atoms with van der Waals surface area (Å²) in [5.74, 6) is -2.50. The molecule has 0 amide bonds. The van der Waals surface area contributed by atoms with Crippen LogP contribution >= 0.6 is 0 Å². The van der Waals surface area contributed by atoms with Gasteiger partial charge in [0, 0.05) is 38.8 Å². The minimum Gasteiger partial charge on any atom is -0.481 e. The van der Waals surface area contributed by atoms with Gasteiger partial charge < -0.3 is 25.9 Å². The van der Waals surface area contributed by atoms with Crippen LogP contribution in [-0.4, -0.2) is 52.3 Å². The molecule has 0 fully saturated rings. The van der Waals surface area contributed by atoms with Crippen LogP contribution in [0.15, 0.2) is 0 Å². The lowest BCUT2D eigenvalue weighted by molar-refractivity contribution is -0.150. The molecule has 0 aromatic rings. The van der Waals surface area contributed by atoms with Crippen LogP contribution in [0, 0.1) is 0 Å². The summed E-state index contributed by atoms with van der Waals surface area (Å²) in [5.41, 5.74) is 7.51. The standard InChI is InChI=1S/C5H12N2O2.3C3H6O2/c1-2-5(8)9-7-4-3-6;3*1-2-3(4)5/h7H,2-4,6H2,1H3;3*2H2,1H3,(H,4,5). The Hall–Kier alpha value is -2.20. The first-order chi connectivity index (χ1) is 11.1. The first-order valence-corrected chi connectivity index (χ1v) is 7.40. The molecule has 6 N–H and O–H groups in total. The molecule has 0 aliphatic heterocycles. The Morgan fingerprint density at radius 3 is 1.25 bits per heavy atom. The zero-order valence-electron chi connectivity index (χ0n) is 14.7. The molecule has 0 spiro atoms. The smallest absolute Gasteiger partial charge is 0.324 e. The van der Waals surface area contributed by atoms with Crippen molar-refractivity contribution in [1.29, 1.82) is 0 Å². The topological polar surface area (TPSA) is 176 Å². The minimum atomic E-state index is -0.745. The predicted molar refractivity (Wildman–Crippen MR) is 87.2 cm³/mol. The molecule has 10 heteroatoms. The quantitative estimate of drug-likeness (QED) is 0.325. The van der Waals surface area contributed by atoms with Crippen LogP contribution in [0.3, 0.4) is 0 Å². The summed E-state index contributed by atoms with van der Waals surface area (Å²) >= 11 is 0. The van der Waals surface area contributed by atoms with Crippen molar-refractivity contribution in [1.82, 2.24) is 5.48 Å². The van der Waals surface area contributed by atoms with Crippen molar-refractivity contribution in [3.05, 3.63) is 0 Å². The van der Waals surface area contributed by atoms with Gasteiger partial charge in [0.1, 0.15) is 0 Å². The fourth-order valence-electron chi connectivity index (χ4n) is 0.263. The van der Waals surface area contributed by atoms with E-state index in [0.29, 0.717) is 19.5 Å². The molecular weight excluding hydrogens is 324 g/mol. The van der Waals surface area contributed by atoms with Crippen molar-refractivity contribution in [2.45, 2.75) is 53.4 Å². The van der Waals surface area contributed by atoms with E-state index in [1.807, 2.05) is 0 Å². The molecule has 0 atom stereocenters. The lowest BCUT2D eigenvalue weighted by Gasteiger charge is -2.00. The largest absolute Gasteiger partial charge is 0.481 e. The van der Waals surface area contributed by atoms with Gasteiger partial charge in [0.15, 0.2) is 0 Å². The number of aliphatic carboxylic acids is 3. The maximum atomic E-state index is 10.4. The van der Waals surface area contributed by atoms with E-state index >= 15 is 0 Å². The highest BCUT2D eigenvalue weighted by Crippen LogP contribution is 1.77. The van der Waals surface area contributed by atoms with Crippen LogP contribution in [0.2, 0.25) is 0 Å². The van der Waals surface area contributed by atoms with E-state index in [4.69, 9.17) is 21.1 Å². The van der Waals surface area contributed by atoms with Crippen LogP contribution in [-0.2, 0) is 24.0 Å². The van der Waals surface area contributed by atoms with Crippen molar-refractivity contribution < 1.29 is 39.3 Å². The van der Waals surface area contributed by atoms with Gasteiger partial charge in [-0.05, 0) is 0 Å². The van der Waals surface area contributed by atoms with Crippen molar-refractivity contribution in [2.75, 3.05) is 13.1 Å². The second-order valence-corrected chi connectivity index (χ2v) is 3.75. The van der Waals surface area contributed by atoms with Gasteiger partial charge in [-0.3, -0.25) is 19.2 Å². The summed E-state index contributed by atoms with van der Waals surface area (Å²) in [7, 11) is 0. The fourth-order valence-corrected chi connectivity index (χ4v) is 0.263. The summed E-state index contributed by atoms with van der Waals surface area (Å²) in [4.78, 5) is 42.9. The van der Waals surface area contributed by atoms with Crippen molar-refractivity contribution in [2.24, 2.45) is 5.73 Å². The maximum Gasteiger partial charge on any atom is 0.324 e. The molecule has 0 heterocycles. The molecule has 0 unspecified atom stereocenters. The van der Waals surface area contributed by atoms with Gasteiger partial charge in [0.05, 0.1) is 0 Å². The Kier molecular flexibility index (Phi) is 31.9. The van der Waals surface area contributed by atoms with Crippen molar-refractivity contribution in [3.63, 3.8) is 0 Å². The Labute approximate surface area is 141 Å². The zero-order valence-corrected chi connectivity index (χ0v) is 14.7. The van der Waals surface area contributed by atoms with Gasteiger partial charge in [-0.1, -0.05) is 27.7 Å². The number of rotatable bonds is 7. The third-order valence-electron chi connectivity index (χ3n) is 1.63. The third kappa shape index (κ3) is 60.0. The van der Waals surface area contributed by atoms with Crippen molar-refractivity contribution >= 4 is 23.9 Å². The highest BCUT2D eigenvalue weighted by Gasteiger charge is 1.94. The number of carbonyl (C=O) groups excluding carboxylic acids is 1. The molecule has 24 heavy (non-hydrogen) atoms. The Balaban J connectivity index is -0.000000116. The van der Waals surface area contributed by atoms with E-state index in [2.05, 4.69) is 10.3 Å². The van der Waals surface area contributed by atoms with E-state index in [1.54, 1.807) is 27.7 Å². The Morgan fingerprint density at radius 2 is 1.08 bits per heavy atom. The molecule has 0 rings (SSSR count). The molecule has 0 radical (unpaired) electrons. The molecule has 0 aliphatic carbocycles. The summed E-state index contributed by atoms with van der Waals surface area (Å²) < 4.78 is 0. The Morgan fingerprint density at radius 1 is 0.792 bits per heavy atom. The normalized spacial score (nSPS) is 8.04. The minimum absolute atomic E-state index is 0.222. The molecule has 0 saturated heterocycles. The van der Waals surface area contributed by atoms with Crippen LogP contribution < -0.4 is 11.2 Å². The molecule has 0 aromatic heterocycles. The van der Waals surface area contributed by atoms with Gasteiger partial charge in [0.2, 0.25) is 0 Å². The highest BCUT2D eigenvalue weighted by atomic mass is 16.7. The summed E-state index contributed by atoms with van der Waals surface area (Å²) in [5, 5.41) is 23.2. The number of hydroxylamine groups is 1. The van der Waals surface area contributed by atoms with E-state index < -0.39 is 17.9 Å². The predicted octanol–water partition coefficient (Wildman–Crippen LogP) is 0.846. The number of carboxylic acids is 3. The summed E-state index contributed by atoms with van der Waals surface area (Å²) in [6.07, 6.45) is 1.05. The number of hydrogen-bond donors (Lipinski definition) is 5. The van der Waals surface area contributed by atoms with E-state index in [9.17, 15) is 19.2 Å². The number of hydrogen-bond acceptors (Lipinski definition) is 7. The van der Waals surface area contributed by atoms with Crippen LogP contribution in [0.1, 0.15) is 53.4 Å². The second-order valence-electron chi connectivity index (χ2n) is 3.75. The lowest BCUT2D eigenvalue weighted by atomic mass is 10.5. The third-order valence-corrected chi connectivity index (χ3v) is 1.63. The van der Waals surface area contributed by atoms with Gasteiger partial charge in [-0.15, -0.1) is 0 Å². The van der Waals surface area contributed by atoms with Crippen LogP contribution in [0.25, 0.3) is 0 Å². The van der Waals surface area contributed by atoms with Gasteiger partial charge in [0.25, 0.3) is 0 Å². The van der Waals surface area contributed by atoms with Crippen molar-refractivity contribution in [3.8, 4) is 0 Å². The Bertz CT molecular complexity index is 301. The molecule has 10 nitrogen and oxygen atoms in total. The summed E-state index contributed by atoms with van der Waals surface area (Å²) in [6, 6.07) is 0. The van der Waals surface area contributed by atoms with Gasteiger partial charge in [-0.25, -0.2) is 0 Å². The zero-order chi connectivity index (χ0) is 20.0. The van der Waals surface area contributed by atoms with E-state index in [0.717, 1.165) is 0 Å². The van der Waals surface area contributed by atoms with Crippen LogP contribution in [0.4, 0.5) is 0 Å². The number of carbonyl (C=O) groups is 4. The molecule has 0 aromatic carbocycles. The van der Waals surface area contributed by atoms with Gasteiger partial charge in [-0.2, -0.15) is 5.48 Å². The second kappa shape index (κ2) is 25.7. The molecule has 0 aliphatic rings. The molecule has 144 valence electrons. The molecule has 0 saturated carbocycles. The SMILES string of the molecule is CCC(=O)O.CCC(=O)O.CCC(=O)O.CCC(=O)ONCCN. The highest BCUT2D eigenvalue weighted by molar-refractivity contribution is 5.68. The fraction of sp³-hybridized carbons (Fsp3) is 0.714. The number of nitrogens with two attached hydrogens (primary N) is 1. The molecular formula is C14H30N2O8.